The number of benzene rings is 2. The maximum Gasteiger partial charge on any atom is 0.228 e. The van der Waals surface area contributed by atoms with E-state index < -0.39 is 11.2 Å². The third-order valence-corrected chi connectivity index (χ3v) is 3.35. The van der Waals surface area contributed by atoms with Gasteiger partial charge in [0.1, 0.15) is 0 Å². The van der Waals surface area contributed by atoms with Crippen molar-refractivity contribution in [2.75, 3.05) is 0 Å². The van der Waals surface area contributed by atoms with Crippen molar-refractivity contribution in [3.8, 4) is 0 Å². The first-order chi connectivity index (χ1) is 9.09. The van der Waals surface area contributed by atoms with Crippen LogP contribution < -0.4 is 0 Å². The van der Waals surface area contributed by atoms with Crippen molar-refractivity contribution in [1.82, 2.24) is 0 Å². The summed E-state index contributed by atoms with van der Waals surface area (Å²) in [6.07, 6.45) is 0. The zero-order chi connectivity index (χ0) is 13.8. The van der Waals surface area contributed by atoms with Gasteiger partial charge in [-0.05, 0) is 23.2 Å². The van der Waals surface area contributed by atoms with E-state index in [0.29, 0.717) is 11.1 Å². The van der Waals surface area contributed by atoms with Gasteiger partial charge < -0.3 is 0 Å². The molecular weight excluding hydrogens is 260 g/mol. The molecule has 0 fully saturated rings. The normalized spacial score (nSPS) is 11.9. The van der Waals surface area contributed by atoms with Crippen LogP contribution >= 0.6 is 11.6 Å². The summed E-state index contributed by atoms with van der Waals surface area (Å²) < 4.78 is 0. The monoisotopic (exact) mass is 272 g/mol. The Kier molecular flexibility index (Phi) is 4.13. The van der Waals surface area contributed by atoms with Crippen molar-refractivity contribution < 1.29 is 9.59 Å². The van der Waals surface area contributed by atoms with E-state index in [1.807, 2.05) is 18.2 Å². The van der Waals surface area contributed by atoms with Gasteiger partial charge >= 0.3 is 0 Å². The molecule has 2 rings (SSSR count). The number of hydrogen-bond donors (Lipinski definition) is 0. The van der Waals surface area contributed by atoms with Crippen molar-refractivity contribution in [2.24, 2.45) is 0 Å². The predicted molar refractivity (Wildman–Crippen MR) is 75.6 cm³/mol. The van der Waals surface area contributed by atoms with E-state index in [9.17, 15) is 9.59 Å². The molecule has 0 heterocycles. The fourth-order valence-corrected chi connectivity index (χ4v) is 1.96. The number of carbonyl (C=O) groups is 2. The quantitative estimate of drug-likeness (QED) is 0.627. The smallest absolute Gasteiger partial charge is 0.228 e. The van der Waals surface area contributed by atoms with Crippen LogP contribution in [0.15, 0.2) is 54.6 Å². The van der Waals surface area contributed by atoms with E-state index in [-0.39, 0.29) is 5.78 Å². The minimum atomic E-state index is -0.427. The number of rotatable bonds is 4. The molecule has 0 amide bonds. The second-order valence-electron chi connectivity index (χ2n) is 4.35. The van der Waals surface area contributed by atoms with E-state index in [1.165, 1.54) is 0 Å². The first-order valence-corrected chi connectivity index (χ1v) is 6.36. The average molecular weight is 273 g/mol. The summed E-state index contributed by atoms with van der Waals surface area (Å²) >= 11 is 5.49. The Labute approximate surface area is 117 Å². The third-order valence-electron chi connectivity index (χ3n) is 3.03. The highest BCUT2D eigenvalue weighted by atomic mass is 35.5. The lowest BCUT2D eigenvalue weighted by Crippen LogP contribution is -2.05. The van der Waals surface area contributed by atoms with Crippen LogP contribution in [0.5, 0.6) is 0 Å². The van der Waals surface area contributed by atoms with Gasteiger partial charge in [-0.2, -0.15) is 0 Å². The Morgan fingerprint density at radius 3 is 2.21 bits per heavy atom. The van der Waals surface area contributed by atoms with E-state index in [4.69, 9.17) is 11.6 Å². The molecule has 0 N–H and O–H groups in total. The van der Waals surface area contributed by atoms with Crippen molar-refractivity contribution in [2.45, 2.75) is 12.8 Å². The van der Waals surface area contributed by atoms with Crippen molar-refractivity contribution in [1.29, 1.82) is 0 Å². The highest BCUT2D eigenvalue weighted by Crippen LogP contribution is 2.20. The van der Waals surface area contributed by atoms with Crippen LogP contribution in [0, 0.1) is 0 Å². The van der Waals surface area contributed by atoms with Crippen molar-refractivity contribution in [3.63, 3.8) is 0 Å². The van der Waals surface area contributed by atoms with Gasteiger partial charge in [0.15, 0.2) is 5.78 Å². The lowest BCUT2D eigenvalue weighted by Gasteiger charge is -2.08. The largest absolute Gasteiger partial charge is 0.289 e. The van der Waals surface area contributed by atoms with E-state index in [1.54, 1.807) is 43.3 Å². The van der Waals surface area contributed by atoms with Crippen LogP contribution in [-0.2, 0) is 4.79 Å². The van der Waals surface area contributed by atoms with Crippen LogP contribution in [0.4, 0.5) is 0 Å². The molecule has 0 aliphatic carbocycles. The molecule has 0 spiro atoms. The molecule has 0 aliphatic rings. The molecule has 0 aliphatic heterocycles. The fourth-order valence-electron chi connectivity index (χ4n) is 1.84. The van der Waals surface area contributed by atoms with Crippen molar-refractivity contribution >= 4 is 22.6 Å². The van der Waals surface area contributed by atoms with E-state index in [2.05, 4.69) is 0 Å². The second kappa shape index (κ2) is 5.81. The molecular formula is C16H13ClO2. The van der Waals surface area contributed by atoms with E-state index in [0.717, 1.165) is 5.56 Å². The standard InChI is InChI=1S/C16H13ClO2/c1-11(16(17)19)13-8-5-9-14(10-13)15(18)12-6-3-2-4-7-12/h2-11H,1H3/t11-/m1/s1. The van der Waals surface area contributed by atoms with Gasteiger partial charge in [0.05, 0.1) is 5.92 Å². The lowest BCUT2D eigenvalue weighted by atomic mass is 9.96. The molecule has 1 atom stereocenters. The first kappa shape index (κ1) is 13.5. The summed E-state index contributed by atoms with van der Waals surface area (Å²) in [5.74, 6) is -0.470. The van der Waals surface area contributed by atoms with Crippen LogP contribution in [0.3, 0.4) is 0 Å². The van der Waals surface area contributed by atoms with Gasteiger partial charge in [0, 0.05) is 11.1 Å². The predicted octanol–water partition coefficient (Wildman–Crippen LogP) is 3.79. The Bertz CT molecular complexity index is 605. The number of ketones is 1. The second-order valence-corrected chi connectivity index (χ2v) is 4.72. The zero-order valence-electron chi connectivity index (χ0n) is 10.5. The van der Waals surface area contributed by atoms with Crippen molar-refractivity contribution in [3.05, 3.63) is 71.3 Å². The van der Waals surface area contributed by atoms with Crippen LogP contribution in [-0.4, -0.2) is 11.0 Å². The maximum absolute atomic E-state index is 12.3. The first-order valence-electron chi connectivity index (χ1n) is 5.98. The summed E-state index contributed by atoms with van der Waals surface area (Å²) in [6.45, 7) is 1.72. The molecule has 0 saturated carbocycles. The molecule has 96 valence electrons. The molecule has 0 bridgehead atoms. The minimum Gasteiger partial charge on any atom is -0.289 e. The van der Waals surface area contributed by atoms with Gasteiger partial charge in [-0.15, -0.1) is 0 Å². The van der Waals surface area contributed by atoms with Gasteiger partial charge in [-0.25, -0.2) is 0 Å². The molecule has 0 unspecified atom stereocenters. The zero-order valence-corrected chi connectivity index (χ0v) is 11.2. The molecule has 0 saturated heterocycles. The third kappa shape index (κ3) is 3.09. The maximum atomic E-state index is 12.3. The molecule has 2 aromatic carbocycles. The van der Waals surface area contributed by atoms with Crippen LogP contribution in [0.25, 0.3) is 0 Å². The highest BCUT2D eigenvalue weighted by molar-refractivity contribution is 6.64. The van der Waals surface area contributed by atoms with Crippen LogP contribution in [0.1, 0.15) is 34.3 Å². The SMILES string of the molecule is C[C@@H](C(=O)Cl)c1cccc(C(=O)c2ccccc2)c1. The average Bonchev–Trinajstić information content (AvgIpc) is 2.46. The van der Waals surface area contributed by atoms with Gasteiger partial charge in [-0.3, -0.25) is 9.59 Å². The van der Waals surface area contributed by atoms with E-state index >= 15 is 0 Å². The van der Waals surface area contributed by atoms with Gasteiger partial charge in [-0.1, -0.05) is 55.5 Å². The summed E-state index contributed by atoms with van der Waals surface area (Å²) in [5.41, 5.74) is 1.94. The Morgan fingerprint density at radius 2 is 1.58 bits per heavy atom. The minimum absolute atomic E-state index is 0.0586. The number of hydrogen-bond acceptors (Lipinski definition) is 2. The van der Waals surface area contributed by atoms with Gasteiger partial charge in [0.25, 0.3) is 0 Å². The highest BCUT2D eigenvalue weighted by Gasteiger charge is 2.15. The molecule has 2 nitrogen and oxygen atoms in total. The number of carbonyl (C=O) groups excluding carboxylic acids is 2. The molecule has 0 radical (unpaired) electrons. The van der Waals surface area contributed by atoms with Gasteiger partial charge in [0.2, 0.25) is 5.24 Å². The molecule has 19 heavy (non-hydrogen) atoms. The fraction of sp³-hybridized carbons (Fsp3) is 0.125. The number of halogens is 1. The molecule has 3 heteroatoms. The summed E-state index contributed by atoms with van der Waals surface area (Å²) in [4.78, 5) is 23.4. The molecule has 0 aromatic heterocycles. The lowest BCUT2D eigenvalue weighted by molar-refractivity contribution is -0.112. The summed E-state index contributed by atoms with van der Waals surface area (Å²) in [5, 5.41) is -0.427. The Morgan fingerprint density at radius 1 is 0.947 bits per heavy atom. The summed E-state index contributed by atoms with van der Waals surface area (Å²) in [6, 6.07) is 16.1. The molecule has 2 aromatic rings. The Balaban J connectivity index is 2.34. The van der Waals surface area contributed by atoms with Crippen LogP contribution in [0.2, 0.25) is 0 Å². The Hall–Kier alpha value is -1.93. The summed E-state index contributed by atoms with van der Waals surface area (Å²) in [7, 11) is 0. The topological polar surface area (TPSA) is 34.1 Å².